The fourth-order valence-electron chi connectivity index (χ4n) is 6.26. The van der Waals surface area contributed by atoms with Gasteiger partial charge in [-0.2, -0.15) is 38.7 Å². The normalized spacial score (nSPS) is 15.8. The summed E-state index contributed by atoms with van der Waals surface area (Å²) in [7, 11) is -9.05. The minimum Gasteiger partial charge on any atom is -0.744 e. The Hall–Kier alpha value is -3.61. The molecule has 254 valence electrons. The number of benzene rings is 4. The first-order valence-corrected chi connectivity index (χ1v) is 18.9. The van der Waals surface area contributed by atoms with Gasteiger partial charge in [0.15, 0.2) is 12.3 Å². The van der Waals surface area contributed by atoms with E-state index in [0.29, 0.717) is 30.9 Å². The van der Waals surface area contributed by atoms with Gasteiger partial charge in [0.2, 0.25) is 0 Å². The molecule has 0 aliphatic heterocycles. The van der Waals surface area contributed by atoms with Gasteiger partial charge in [0, 0.05) is 29.9 Å². The second-order valence-corrected chi connectivity index (χ2v) is 14.7. The first-order chi connectivity index (χ1) is 23.3. The van der Waals surface area contributed by atoms with Crippen LogP contribution < -0.4 is 34.5 Å². The molecule has 4 aromatic carbocycles. The molecule has 0 spiro atoms. The molecule has 4 aromatic rings. The van der Waals surface area contributed by atoms with E-state index in [1.54, 1.807) is 35.2 Å². The minimum absolute atomic E-state index is 0. The standard InChI is InChI=1S/C39H40N2O6S2.Na/c1-5-40(27-30-14-13-19-35(26-30)48(42,43)44)33-20-22-36(28(3)24-33)38(31-15-9-7-10-16-31)37-23-21-34(25-29(37)4)41(6-2)39(49(45,46)47)32-17-11-8-12-18-32;/h7-11,13-26,39H,5-6,27H2,1-4H3,(H,42,43,44)(H,45,46,47);/q;+1/p-1. The molecule has 8 nitrogen and oxygen atoms in total. The van der Waals surface area contributed by atoms with Crippen molar-refractivity contribution < 1.29 is 60.1 Å². The van der Waals surface area contributed by atoms with E-state index in [9.17, 15) is 25.9 Å². The predicted molar refractivity (Wildman–Crippen MR) is 193 cm³/mol. The SMILES string of the molecule is CCN(c1ccc(C(=C2C=CC(=[N+](CC)Cc3cccc(S(=O)(=O)[O-])c3)C=C2C)c2ccccc2)c(C)c1)C(c1c[c-]ccc1)S(=O)(=O)O.[Na+]. The zero-order valence-electron chi connectivity index (χ0n) is 28.9. The second-order valence-electron chi connectivity index (χ2n) is 11.8. The molecule has 1 N–H and O–H groups in total. The molecule has 50 heavy (non-hydrogen) atoms. The van der Waals surface area contributed by atoms with E-state index in [1.165, 1.54) is 12.1 Å². The number of anilines is 1. The maximum Gasteiger partial charge on any atom is 1.00 e. The van der Waals surface area contributed by atoms with Gasteiger partial charge >= 0.3 is 29.6 Å². The van der Waals surface area contributed by atoms with Crippen molar-refractivity contribution in [3.05, 3.63) is 160 Å². The summed E-state index contributed by atoms with van der Waals surface area (Å²) in [5, 5.41) is -1.29. The van der Waals surface area contributed by atoms with Crippen LogP contribution in [-0.4, -0.2) is 49.3 Å². The fourth-order valence-corrected chi connectivity index (χ4v) is 7.88. The van der Waals surface area contributed by atoms with Crippen LogP contribution in [0.2, 0.25) is 0 Å². The first kappa shape index (κ1) is 39.2. The van der Waals surface area contributed by atoms with Crippen LogP contribution >= 0.6 is 0 Å². The Morgan fingerprint density at radius 1 is 0.920 bits per heavy atom. The number of rotatable bonds is 11. The Balaban J connectivity index is 0.00000562. The number of allylic oxidation sites excluding steroid dienone is 5. The molecule has 0 bridgehead atoms. The van der Waals surface area contributed by atoms with Crippen molar-refractivity contribution in [2.75, 3.05) is 18.0 Å². The van der Waals surface area contributed by atoms with Crippen LogP contribution in [0.25, 0.3) is 5.57 Å². The van der Waals surface area contributed by atoms with Crippen molar-refractivity contribution in [1.82, 2.24) is 0 Å². The minimum atomic E-state index is -4.56. The molecular formula is C39H39N2NaO6S2. The molecule has 0 amide bonds. The predicted octanol–water partition coefficient (Wildman–Crippen LogP) is 4.11. The van der Waals surface area contributed by atoms with Crippen LogP contribution in [-0.2, 0) is 26.8 Å². The molecule has 0 radical (unpaired) electrons. The summed E-state index contributed by atoms with van der Waals surface area (Å²) in [6.07, 6.45) is 6.23. The molecule has 1 aliphatic rings. The zero-order chi connectivity index (χ0) is 35.3. The Morgan fingerprint density at radius 3 is 2.24 bits per heavy atom. The summed E-state index contributed by atoms with van der Waals surface area (Å²) in [4.78, 5) is 1.42. The summed E-state index contributed by atoms with van der Waals surface area (Å²) in [5.41, 5.74) is 8.71. The third-order valence-corrected chi connectivity index (χ3v) is 10.5. The van der Waals surface area contributed by atoms with Gasteiger partial charge in [0.25, 0.3) is 10.1 Å². The summed E-state index contributed by atoms with van der Waals surface area (Å²) >= 11 is 0. The molecule has 1 unspecified atom stereocenters. The van der Waals surface area contributed by atoms with E-state index >= 15 is 0 Å². The van der Waals surface area contributed by atoms with Crippen LogP contribution in [0.15, 0.2) is 131 Å². The third-order valence-electron chi connectivity index (χ3n) is 8.58. The van der Waals surface area contributed by atoms with Crippen molar-refractivity contribution in [3.8, 4) is 0 Å². The van der Waals surface area contributed by atoms with Crippen LogP contribution in [0.4, 0.5) is 5.69 Å². The van der Waals surface area contributed by atoms with E-state index in [1.807, 2.05) is 69.3 Å². The van der Waals surface area contributed by atoms with Crippen molar-refractivity contribution in [2.24, 2.45) is 0 Å². The van der Waals surface area contributed by atoms with Crippen LogP contribution in [0.1, 0.15) is 54.0 Å². The molecule has 11 heteroatoms. The average molecular weight is 719 g/mol. The van der Waals surface area contributed by atoms with Gasteiger partial charge in [-0.15, -0.1) is 5.56 Å². The molecule has 0 aromatic heterocycles. The van der Waals surface area contributed by atoms with Crippen molar-refractivity contribution in [3.63, 3.8) is 0 Å². The third kappa shape index (κ3) is 8.99. The van der Waals surface area contributed by atoms with Gasteiger partial charge in [-0.3, -0.25) is 4.55 Å². The molecule has 1 aliphatic carbocycles. The van der Waals surface area contributed by atoms with Gasteiger partial charge in [-0.25, -0.2) is 13.0 Å². The zero-order valence-corrected chi connectivity index (χ0v) is 32.5. The van der Waals surface area contributed by atoms with Gasteiger partial charge in [-0.05, 0) is 91.4 Å². The summed E-state index contributed by atoms with van der Waals surface area (Å²) < 4.78 is 72.6. The molecule has 0 saturated heterocycles. The number of nitrogens with zero attached hydrogens (tertiary/aromatic N) is 2. The monoisotopic (exact) mass is 718 g/mol. The van der Waals surface area contributed by atoms with Crippen molar-refractivity contribution in [1.29, 1.82) is 0 Å². The van der Waals surface area contributed by atoms with E-state index in [-0.39, 0.29) is 34.5 Å². The summed E-state index contributed by atoms with van der Waals surface area (Å²) in [6, 6.07) is 31.6. The van der Waals surface area contributed by atoms with E-state index in [2.05, 4.69) is 41.9 Å². The summed E-state index contributed by atoms with van der Waals surface area (Å²) in [5.74, 6) is 0. The number of hydrogen-bond acceptors (Lipinski definition) is 6. The quantitative estimate of drug-likeness (QED) is 0.107. The van der Waals surface area contributed by atoms with E-state index < -0.39 is 25.6 Å². The van der Waals surface area contributed by atoms with Crippen LogP contribution in [0, 0.1) is 13.0 Å². The molecule has 0 saturated carbocycles. The van der Waals surface area contributed by atoms with Gasteiger partial charge < -0.3 is 9.45 Å². The molecule has 1 atom stereocenters. The Kier molecular flexibility index (Phi) is 13.0. The smallest absolute Gasteiger partial charge is 0.744 e. The van der Waals surface area contributed by atoms with E-state index in [4.69, 9.17) is 0 Å². The van der Waals surface area contributed by atoms with Crippen LogP contribution in [0.3, 0.4) is 0 Å². The Labute approximate surface area is 318 Å². The van der Waals surface area contributed by atoms with Gasteiger partial charge in [-0.1, -0.05) is 48.5 Å². The summed E-state index contributed by atoms with van der Waals surface area (Å²) in [6.45, 7) is 9.33. The Morgan fingerprint density at radius 2 is 1.66 bits per heavy atom. The number of aryl methyl sites for hydroxylation is 1. The van der Waals surface area contributed by atoms with Crippen molar-refractivity contribution in [2.45, 2.75) is 44.5 Å². The molecule has 5 rings (SSSR count). The molecule has 0 fully saturated rings. The maximum atomic E-state index is 12.7. The number of hydrogen-bond donors (Lipinski definition) is 1. The van der Waals surface area contributed by atoms with Crippen LogP contribution in [0.5, 0.6) is 0 Å². The second kappa shape index (κ2) is 16.6. The average Bonchev–Trinajstić information content (AvgIpc) is 3.07. The fraction of sp³-hybridized carbons (Fsp3) is 0.205. The van der Waals surface area contributed by atoms with Gasteiger partial charge in [0.05, 0.1) is 4.90 Å². The molecular weight excluding hydrogens is 680 g/mol. The van der Waals surface area contributed by atoms with E-state index in [0.717, 1.165) is 44.7 Å². The topological polar surface area (TPSA) is 118 Å². The first-order valence-electron chi connectivity index (χ1n) is 15.9. The maximum absolute atomic E-state index is 12.7. The Bertz CT molecular complexity index is 2200. The van der Waals surface area contributed by atoms with Gasteiger partial charge in [0.1, 0.15) is 22.0 Å². The van der Waals surface area contributed by atoms with Crippen molar-refractivity contribution >= 4 is 37.2 Å². The largest absolute Gasteiger partial charge is 1.00 e. The molecule has 0 heterocycles.